The first-order valence-corrected chi connectivity index (χ1v) is 23.8. The minimum Gasteiger partial charge on any atom is -0.356 e. The first-order chi connectivity index (χ1) is 33.3. The number of quaternary nitrogens is 1. The first kappa shape index (κ1) is 40.0. The summed E-state index contributed by atoms with van der Waals surface area (Å²) in [5.74, 6) is 0. The van der Waals surface area contributed by atoms with E-state index in [9.17, 15) is 0 Å². The van der Waals surface area contributed by atoms with Gasteiger partial charge in [0, 0.05) is 59.9 Å². The van der Waals surface area contributed by atoms with Crippen LogP contribution >= 0.6 is 0 Å². The van der Waals surface area contributed by atoms with Gasteiger partial charge < -0.3 is 5.32 Å². The summed E-state index contributed by atoms with van der Waals surface area (Å²) in [6.45, 7) is 8.67. The van der Waals surface area contributed by atoms with Crippen LogP contribution in [-0.2, 0) is 0 Å². The molecule has 2 heteroatoms. The summed E-state index contributed by atoms with van der Waals surface area (Å²) in [6.07, 6.45) is 0. The maximum atomic E-state index is 3.73. The predicted molar refractivity (Wildman–Crippen MR) is 293 cm³/mol. The standard InChI is InChI=1S/C66H49N2/c1-41-15-23-49(24-16-41)67-50-25-32-57-58(38-50)56-34-33-55(46-13-9-6-10-14-46)60-40-61-59-39-54(36-48-35-47(45-11-7-5-8-12-45)37-62(63(48)59)65(61)66(57)64(56)60)68(51-26-17-42(2)18-27-51,52-28-19-43(3)20-29-52)53-30-21-44(4)22-31-53/h5-40,67H,1-4H3/q+1. The number of rotatable bonds is 8. The molecule has 0 saturated heterocycles. The van der Waals surface area contributed by atoms with E-state index in [1.807, 2.05) is 0 Å². The van der Waals surface area contributed by atoms with E-state index in [-0.39, 0.29) is 0 Å². The molecule has 0 aliphatic carbocycles. The molecule has 322 valence electrons. The third-order valence-corrected chi connectivity index (χ3v) is 14.7. The van der Waals surface area contributed by atoms with Crippen LogP contribution < -0.4 is 9.80 Å². The van der Waals surface area contributed by atoms with Crippen molar-refractivity contribution in [2.45, 2.75) is 27.7 Å². The van der Waals surface area contributed by atoms with E-state index in [4.69, 9.17) is 0 Å². The Kier molecular flexibility index (Phi) is 9.05. The zero-order valence-electron chi connectivity index (χ0n) is 38.7. The largest absolute Gasteiger partial charge is 0.356 e. The van der Waals surface area contributed by atoms with Gasteiger partial charge in [0.05, 0.1) is 0 Å². The molecule has 0 radical (unpaired) electrons. The fourth-order valence-electron chi connectivity index (χ4n) is 11.3. The second-order valence-electron chi connectivity index (χ2n) is 19.0. The molecular formula is C66H49N2+. The summed E-state index contributed by atoms with van der Waals surface area (Å²) in [6, 6.07) is 82.3. The summed E-state index contributed by atoms with van der Waals surface area (Å²) < 4.78 is 0.420. The van der Waals surface area contributed by atoms with Gasteiger partial charge in [-0.15, -0.1) is 0 Å². The minimum absolute atomic E-state index is 0.420. The van der Waals surface area contributed by atoms with Crippen LogP contribution in [0.5, 0.6) is 0 Å². The number of fused-ring (bicyclic) bond motifs is 7. The van der Waals surface area contributed by atoms with Crippen LogP contribution in [0.4, 0.5) is 34.1 Å². The quantitative estimate of drug-likeness (QED) is 0.150. The SMILES string of the molecule is Cc1ccc(Nc2ccc3c(c2)c2ccc(-c4ccccc4)c4cc5c6cc([N+](c7ccc(C)cc7)(c7ccc(C)cc7)c7ccc(C)cc7)cc7cc(-c8ccccc8)cc(c76)c5c3c42)cc1. The average Bonchev–Trinajstić information content (AvgIpc) is 3.87. The third-order valence-electron chi connectivity index (χ3n) is 14.7. The number of anilines is 2. The Balaban J connectivity index is 1.21. The van der Waals surface area contributed by atoms with Crippen LogP contribution in [0.25, 0.3) is 86.9 Å². The smallest absolute Gasteiger partial charge is 0.149 e. The Labute approximate surface area is 397 Å². The third kappa shape index (κ3) is 6.15. The van der Waals surface area contributed by atoms with E-state index in [2.05, 4.69) is 251 Å². The number of nitrogens with zero attached hydrogens (tertiary/aromatic N) is 1. The molecule has 0 aliphatic heterocycles. The lowest BCUT2D eigenvalue weighted by Crippen LogP contribution is -2.33. The molecule has 0 heterocycles. The van der Waals surface area contributed by atoms with Crippen LogP contribution in [0.3, 0.4) is 0 Å². The lowest BCUT2D eigenvalue weighted by molar-refractivity contribution is 0.704. The summed E-state index contributed by atoms with van der Waals surface area (Å²) in [5.41, 5.74) is 16.7. The van der Waals surface area contributed by atoms with Crippen molar-refractivity contribution in [3.63, 3.8) is 0 Å². The van der Waals surface area contributed by atoms with Crippen LogP contribution in [-0.4, -0.2) is 0 Å². The number of hydrogen-bond donors (Lipinski definition) is 1. The van der Waals surface area contributed by atoms with Crippen LogP contribution in [0.15, 0.2) is 218 Å². The molecule has 0 saturated carbocycles. The van der Waals surface area contributed by atoms with Crippen molar-refractivity contribution in [1.29, 1.82) is 0 Å². The highest BCUT2D eigenvalue weighted by Gasteiger charge is 2.40. The summed E-state index contributed by atoms with van der Waals surface area (Å²) in [5, 5.41) is 19.2. The van der Waals surface area contributed by atoms with Crippen molar-refractivity contribution in [1.82, 2.24) is 4.48 Å². The normalized spacial score (nSPS) is 12.1. The van der Waals surface area contributed by atoms with Crippen molar-refractivity contribution in [2.75, 3.05) is 5.32 Å². The predicted octanol–water partition coefficient (Wildman–Crippen LogP) is 19.1. The summed E-state index contributed by atoms with van der Waals surface area (Å²) in [7, 11) is 0. The van der Waals surface area contributed by atoms with E-state index < -0.39 is 0 Å². The molecule has 2 nitrogen and oxygen atoms in total. The molecule has 13 aromatic carbocycles. The molecule has 1 N–H and O–H groups in total. The Morgan fingerprint density at radius 1 is 0.279 bits per heavy atom. The monoisotopic (exact) mass is 869 g/mol. The summed E-state index contributed by atoms with van der Waals surface area (Å²) in [4.78, 5) is 0. The van der Waals surface area contributed by atoms with Gasteiger partial charge in [-0.3, -0.25) is 0 Å². The van der Waals surface area contributed by atoms with Gasteiger partial charge in [-0.05, 0) is 157 Å². The van der Waals surface area contributed by atoms with E-state index in [1.54, 1.807) is 0 Å². The number of benzene rings is 11. The zero-order valence-corrected chi connectivity index (χ0v) is 38.7. The Hall–Kier alpha value is -8.30. The lowest BCUT2D eigenvalue weighted by atomic mass is 9.93. The molecule has 68 heavy (non-hydrogen) atoms. The van der Waals surface area contributed by atoms with Crippen molar-refractivity contribution in [3.8, 4) is 22.3 Å². The maximum absolute atomic E-state index is 3.73. The molecular weight excluding hydrogens is 821 g/mol. The van der Waals surface area contributed by atoms with Crippen LogP contribution in [0.2, 0.25) is 0 Å². The Bertz CT molecular complexity index is 3910. The fourth-order valence-corrected chi connectivity index (χ4v) is 11.3. The molecule has 13 rings (SSSR count). The Morgan fingerprint density at radius 3 is 1.38 bits per heavy atom. The van der Waals surface area contributed by atoms with Gasteiger partial charge in [-0.1, -0.05) is 150 Å². The maximum Gasteiger partial charge on any atom is 0.149 e. The molecule has 0 atom stereocenters. The molecule has 0 amide bonds. The average molecular weight is 870 g/mol. The molecule has 0 spiro atoms. The van der Waals surface area contributed by atoms with E-state index in [0.717, 1.165) is 11.4 Å². The van der Waals surface area contributed by atoms with Gasteiger partial charge in [0.25, 0.3) is 0 Å². The summed E-state index contributed by atoms with van der Waals surface area (Å²) >= 11 is 0. The molecule has 0 unspecified atom stereocenters. The number of aryl methyl sites for hydroxylation is 4. The van der Waals surface area contributed by atoms with Gasteiger partial charge in [-0.25, -0.2) is 0 Å². The molecule has 0 aromatic heterocycles. The second-order valence-corrected chi connectivity index (χ2v) is 19.0. The minimum atomic E-state index is 0.420. The highest BCUT2D eigenvalue weighted by Crippen LogP contribution is 2.56. The van der Waals surface area contributed by atoms with Gasteiger partial charge in [0.1, 0.15) is 22.7 Å². The van der Waals surface area contributed by atoms with Crippen LogP contribution in [0, 0.1) is 27.7 Å². The number of hydrogen-bond acceptors (Lipinski definition) is 1. The van der Waals surface area contributed by atoms with Gasteiger partial charge in [-0.2, -0.15) is 4.48 Å². The highest BCUT2D eigenvalue weighted by atomic mass is 15.4. The van der Waals surface area contributed by atoms with Gasteiger partial charge in [0.2, 0.25) is 0 Å². The molecule has 0 fully saturated rings. The zero-order chi connectivity index (χ0) is 45.7. The molecule has 13 aromatic rings. The second kappa shape index (κ2) is 15.4. The first-order valence-electron chi connectivity index (χ1n) is 23.8. The van der Waals surface area contributed by atoms with E-state index >= 15 is 0 Å². The van der Waals surface area contributed by atoms with Crippen molar-refractivity contribution in [3.05, 3.63) is 241 Å². The molecule has 0 aliphatic rings. The van der Waals surface area contributed by atoms with E-state index in [1.165, 1.54) is 132 Å². The van der Waals surface area contributed by atoms with Crippen molar-refractivity contribution < 1.29 is 0 Å². The van der Waals surface area contributed by atoms with E-state index in [0.29, 0.717) is 4.48 Å². The van der Waals surface area contributed by atoms with Crippen LogP contribution in [0.1, 0.15) is 22.3 Å². The van der Waals surface area contributed by atoms with Gasteiger partial charge >= 0.3 is 0 Å². The topological polar surface area (TPSA) is 12.0 Å². The lowest BCUT2D eigenvalue weighted by Gasteiger charge is -2.37. The molecule has 0 bridgehead atoms. The van der Waals surface area contributed by atoms with Crippen molar-refractivity contribution >= 4 is 98.8 Å². The van der Waals surface area contributed by atoms with Crippen molar-refractivity contribution in [2.24, 2.45) is 0 Å². The highest BCUT2D eigenvalue weighted by molar-refractivity contribution is 6.46. The number of nitrogens with one attached hydrogen (secondary N) is 1. The van der Waals surface area contributed by atoms with Gasteiger partial charge in [0.15, 0.2) is 0 Å². The Morgan fingerprint density at radius 2 is 0.779 bits per heavy atom. The fraction of sp³-hybridized carbons (Fsp3) is 0.0606.